The molecular formula is C38H41ClF3N7O4. The minimum absolute atomic E-state index is 0.181. The molecule has 1 N–H and O–H groups in total. The van der Waals surface area contributed by atoms with Crippen molar-refractivity contribution in [3.8, 4) is 16.9 Å². The maximum atomic E-state index is 15.9. The number of nitrogens with one attached hydrogen (secondary N) is 1. The van der Waals surface area contributed by atoms with Crippen molar-refractivity contribution in [1.29, 1.82) is 0 Å². The van der Waals surface area contributed by atoms with Crippen LogP contribution in [0.2, 0.25) is 5.02 Å². The lowest BCUT2D eigenvalue weighted by Gasteiger charge is -2.46. The number of likely N-dealkylation sites (tertiary alicyclic amines) is 1. The summed E-state index contributed by atoms with van der Waals surface area (Å²) in [6.45, 7) is 1.72. The Hall–Kier alpha value is -4.66. The predicted molar refractivity (Wildman–Crippen MR) is 197 cm³/mol. The summed E-state index contributed by atoms with van der Waals surface area (Å²) in [5, 5.41) is 3.88. The van der Waals surface area contributed by atoms with E-state index in [2.05, 4.69) is 10.3 Å². The smallest absolute Gasteiger partial charge is 0.275 e. The van der Waals surface area contributed by atoms with Gasteiger partial charge in [-0.1, -0.05) is 11.6 Å². The number of methoxy groups -OCH3 is 1. The molecule has 3 saturated heterocycles. The van der Waals surface area contributed by atoms with Crippen LogP contribution in [0.25, 0.3) is 21.9 Å². The summed E-state index contributed by atoms with van der Waals surface area (Å²) >= 11 is 6.83. The fraction of sp³-hybridized carbons (Fsp3) is 0.421. The Bertz CT molecular complexity index is 2120. The van der Waals surface area contributed by atoms with Gasteiger partial charge in [0.2, 0.25) is 11.8 Å². The minimum Gasteiger partial charge on any atom is -0.496 e. The number of rotatable bonds is 8. The third-order valence-corrected chi connectivity index (χ3v) is 11.1. The number of benzene rings is 2. The van der Waals surface area contributed by atoms with E-state index in [0.717, 1.165) is 5.56 Å². The van der Waals surface area contributed by atoms with Crippen LogP contribution in [0.15, 0.2) is 59.8 Å². The highest BCUT2D eigenvalue weighted by Crippen LogP contribution is 2.39. The van der Waals surface area contributed by atoms with Crippen molar-refractivity contribution in [2.75, 3.05) is 63.2 Å². The van der Waals surface area contributed by atoms with E-state index < -0.39 is 36.3 Å². The van der Waals surface area contributed by atoms with Gasteiger partial charge in [0, 0.05) is 106 Å². The molecule has 3 aliphatic heterocycles. The van der Waals surface area contributed by atoms with Crippen LogP contribution in [0.3, 0.4) is 0 Å². The third-order valence-electron chi connectivity index (χ3n) is 10.8. The van der Waals surface area contributed by atoms with Gasteiger partial charge in [-0.05, 0) is 54.6 Å². The van der Waals surface area contributed by atoms with Crippen LogP contribution >= 0.6 is 11.6 Å². The summed E-state index contributed by atoms with van der Waals surface area (Å²) in [6, 6.07) is 8.53. The monoisotopic (exact) mass is 751 g/mol. The van der Waals surface area contributed by atoms with E-state index >= 15 is 13.2 Å². The number of hydrogen-bond donors (Lipinski definition) is 1. The molecule has 7 rings (SSSR count). The number of imide groups is 1. The zero-order chi connectivity index (χ0) is 37.6. The zero-order valence-electron chi connectivity index (χ0n) is 29.8. The first-order valence-corrected chi connectivity index (χ1v) is 18.0. The van der Waals surface area contributed by atoms with Crippen LogP contribution in [0.4, 0.5) is 24.5 Å². The summed E-state index contributed by atoms with van der Waals surface area (Å²) in [5.74, 6) is -3.67. The van der Waals surface area contributed by atoms with E-state index in [9.17, 15) is 14.4 Å². The van der Waals surface area contributed by atoms with Gasteiger partial charge in [0.1, 0.15) is 17.6 Å². The molecule has 0 aliphatic carbocycles. The van der Waals surface area contributed by atoms with E-state index in [-0.39, 0.29) is 30.9 Å². The molecule has 2 amide bonds. The molecule has 3 aliphatic rings. The maximum absolute atomic E-state index is 15.9. The number of carbonyl (C=O) groups excluding carboxylic acids is 2. The second-order valence-corrected chi connectivity index (χ2v) is 14.4. The number of fused-ring (bicyclic) bond motifs is 1. The first-order chi connectivity index (χ1) is 25.3. The second-order valence-electron chi connectivity index (χ2n) is 14.0. The number of pyridine rings is 2. The normalized spacial score (nSPS) is 21.2. The number of halogens is 4. The first-order valence-electron chi connectivity index (χ1n) is 17.6. The number of nitrogens with zero attached hydrogens (tertiary/aromatic N) is 6. The first kappa shape index (κ1) is 36.7. The molecule has 4 aromatic rings. The largest absolute Gasteiger partial charge is 0.496 e. The summed E-state index contributed by atoms with van der Waals surface area (Å²) in [7, 11) is 4.88. The van der Waals surface area contributed by atoms with Crippen molar-refractivity contribution < 1.29 is 27.5 Å². The number of alkyl halides is 2. The van der Waals surface area contributed by atoms with E-state index in [1.165, 1.54) is 23.9 Å². The van der Waals surface area contributed by atoms with E-state index in [1.54, 1.807) is 66.6 Å². The molecule has 5 heterocycles. The molecular weight excluding hydrogens is 711 g/mol. The number of aryl methyl sites for hydroxylation is 1. The Morgan fingerprint density at radius 2 is 1.79 bits per heavy atom. The number of piperazine rings is 1. The maximum Gasteiger partial charge on any atom is 0.275 e. The van der Waals surface area contributed by atoms with Crippen molar-refractivity contribution in [2.45, 2.75) is 43.8 Å². The quantitative estimate of drug-likeness (QED) is 0.258. The van der Waals surface area contributed by atoms with Crippen molar-refractivity contribution in [3.63, 3.8) is 0 Å². The van der Waals surface area contributed by atoms with Crippen LogP contribution in [-0.4, -0.2) is 103 Å². The van der Waals surface area contributed by atoms with Crippen molar-refractivity contribution >= 4 is 45.6 Å². The molecule has 3 fully saturated rings. The number of anilines is 2. The Kier molecular flexibility index (Phi) is 10.1. The van der Waals surface area contributed by atoms with E-state index in [0.29, 0.717) is 83.2 Å². The Labute approximate surface area is 309 Å². The number of ether oxygens (including phenoxy) is 1. The molecule has 2 atom stereocenters. The van der Waals surface area contributed by atoms with Crippen LogP contribution in [0.1, 0.15) is 24.8 Å². The van der Waals surface area contributed by atoms with Crippen molar-refractivity contribution in [3.05, 3.63) is 81.7 Å². The Balaban J connectivity index is 0.989. The fourth-order valence-electron chi connectivity index (χ4n) is 7.94. The highest BCUT2D eigenvalue weighted by atomic mass is 35.5. The zero-order valence-corrected chi connectivity index (χ0v) is 30.5. The second kappa shape index (κ2) is 14.6. The standard InChI is InChI=1S/C38H41ClF3N7O4/c1-45-21-28(25-8-10-43-19-27(25)37(45)52)26-18-33(53-3)23(16-29(26)39)20-47-11-9-34(38(41,42)22-47)49-14-12-48(13-15-49)31-5-4-24(17-30(31)40)46(2)32-6-7-35(50)44-36(32)51/h4-5,8,10,16-19,21,32,34H,6-7,9,11-15,20,22H2,1-3H3,(H,44,50,51). The van der Waals surface area contributed by atoms with Crippen molar-refractivity contribution in [2.24, 2.45) is 7.05 Å². The summed E-state index contributed by atoms with van der Waals surface area (Å²) < 4.78 is 54.4. The summed E-state index contributed by atoms with van der Waals surface area (Å²) in [6.07, 6.45) is 5.68. The lowest BCUT2D eigenvalue weighted by Crippen LogP contribution is -2.61. The summed E-state index contributed by atoms with van der Waals surface area (Å²) in [5.41, 5.74) is 2.77. The van der Waals surface area contributed by atoms with Crippen molar-refractivity contribution in [1.82, 2.24) is 24.7 Å². The Morgan fingerprint density at radius 3 is 2.49 bits per heavy atom. The highest BCUT2D eigenvalue weighted by molar-refractivity contribution is 6.34. The molecule has 53 heavy (non-hydrogen) atoms. The molecule has 0 bridgehead atoms. The van der Waals surface area contributed by atoms with Gasteiger partial charge in [0.25, 0.3) is 11.5 Å². The van der Waals surface area contributed by atoms with Crippen LogP contribution in [-0.2, 0) is 23.2 Å². The molecule has 0 spiro atoms. The van der Waals surface area contributed by atoms with Gasteiger partial charge in [-0.2, -0.15) is 0 Å². The van der Waals surface area contributed by atoms with E-state index in [1.807, 2.05) is 9.80 Å². The molecule has 2 aromatic heterocycles. The minimum atomic E-state index is -2.99. The molecule has 2 unspecified atom stereocenters. The number of carbonyl (C=O) groups is 2. The molecule has 280 valence electrons. The number of piperidine rings is 2. The number of amides is 2. The molecule has 2 aromatic carbocycles. The average Bonchev–Trinajstić information content (AvgIpc) is 3.13. The van der Waals surface area contributed by atoms with Crippen LogP contribution in [0, 0.1) is 5.82 Å². The number of hydrogen-bond acceptors (Lipinski definition) is 9. The number of likely N-dealkylation sites (N-methyl/N-ethyl adjacent to an activating group) is 1. The SMILES string of the molecule is COc1cc(-c2cn(C)c(=O)c3cnccc23)c(Cl)cc1CN1CCC(N2CCN(c3ccc(N(C)C4CCC(=O)NC4=O)cc3F)CC2)C(F)(F)C1. The van der Waals surface area contributed by atoms with Gasteiger partial charge in [-0.15, -0.1) is 0 Å². The van der Waals surface area contributed by atoms with Gasteiger partial charge in [0.15, 0.2) is 0 Å². The van der Waals surface area contributed by atoms with Gasteiger partial charge in [-0.3, -0.25) is 34.5 Å². The Morgan fingerprint density at radius 1 is 1.02 bits per heavy atom. The van der Waals surface area contributed by atoms with Crippen LogP contribution in [0.5, 0.6) is 5.75 Å². The molecule has 0 radical (unpaired) electrons. The van der Waals surface area contributed by atoms with Gasteiger partial charge in [-0.25, -0.2) is 13.2 Å². The van der Waals surface area contributed by atoms with Gasteiger partial charge in [0.05, 0.1) is 30.8 Å². The van der Waals surface area contributed by atoms with E-state index in [4.69, 9.17) is 16.3 Å². The lowest BCUT2D eigenvalue weighted by atomic mass is 9.96. The third kappa shape index (κ3) is 7.19. The van der Waals surface area contributed by atoms with Gasteiger partial charge < -0.3 is 19.1 Å². The molecule has 0 saturated carbocycles. The summed E-state index contributed by atoms with van der Waals surface area (Å²) in [4.78, 5) is 47.7. The predicted octanol–water partition coefficient (Wildman–Crippen LogP) is 4.67. The molecule has 15 heteroatoms. The molecule has 11 nitrogen and oxygen atoms in total. The van der Waals surface area contributed by atoms with Crippen LogP contribution < -0.4 is 25.4 Å². The number of aromatic nitrogens is 2. The fourth-order valence-corrected chi connectivity index (χ4v) is 8.23. The average molecular weight is 752 g/mol. The highest BCUT2D eigenvalue weighted by Gasteiger charge is 2.48. The lowest BCUT2D eigenvalue weighted by molar-refractivity contribution is -0.134. The van der Waals surface area contributed by atoms with Gasteiger partial charge >= 0.3 is 0 Å². The topological polar surface area (TPSA) is 103 Å².